The average Bonchev–Trinajstić information content (AvgIpc) is 2.31. The monoisotopic (exact) mass is 1180 g/mol. The quantitative estimate of drug-likeness (QED) is 0.230. The maximum atomic E-state index is 2.40. The molecule has 0 amide bonds. The third-order valence-corrected chi connectivity index (χ3v) is 20.1. The summed E-state index contributed by atoms with van der Waals surface area (Å²) in [5.41, 5.74) is 0.870. The molecule has 0 aromatic carbocycles. The van der Waals surface area contributed by atoms with Crippen LogP contribution in [-0.2, 0) is 63.2 Å². The van der Waals surface area contributed by atoms with E-state index < -0.39 is 15.8 Å². The van der Waals surface area contributed by atoms with Crippen LogP contribution in [0.4, 0.5) is 0 Å². The maximum absolute atomic E-state index is 2.40. The van der Waals surface area contributed by atoms with Gasteiger partial charge in [0, 0.05) is 87.0 Å². The van der Waals surface area contributed by atoms with E-state index in [2.05, 4.69) is 180 Å². The van der Waals surface area contributed by atoms with Gasteiger partial charge in [0.1, 0.15) is 0 Å². The first-order valence-corrected chi connectivity index (χ1v) is 20.0. The molecule has 0 N–H and O–H groups in total. The van der Waals surface area contributed by atoms with Crippen LogP contribution in [0.15, 0.2) is 0 Å². The topological polar surface area (TPSA) is 0 Å². The van der Waals surface area contributed by atoms with Crippen molar-refractivity contribution in [1.29, 1.82) is 0 Å². The molecular formula is C35H82P3Pt3+3. The molecule has 0 heterocycles. The first-order valence-electron chi connectivity index (χ1n) is 15.4. The number of hydrogen-bond acceptors (Lipinski definition) is 0. The molecule has 0 unspecified atom stereocenters. The zero-order valence-electron chi connectivity index (χ0n) is 33.0. The van der Waals surface area contributed by atoms with Crippen molar-refractivity contribution in [1.82, 2.24) is 0 Å². The molecule has 0 radical (unpaired) electrons. The summed E-state index contributed by atoms with van der Waals surface area (Å²) in [6, 6.07) is 0. The summed E-state index contributed by atoms with van der Waals surface area (Å²) in [6.45, 7) is 62.3. The van der Waals surface area contributed by atoms with Crippen LogP contribution in [-0.4, -0.2) is 46.9 Å². The summed E-state index contributed by atoms with van der Waals surface area (Å²) >= 11 is 0. The van der Waals surface area contributed by atoms with Crippen LogP contribution in [0.3, 0.4) is 0 Å². The third-order valence-electron chi connectivity index (χ3n) is 6.69. The van der Waals surface area contributed by atoms with E-state index in [9.17, 15) is 0 Å². The molecule has 0 aliphatic carbocycles. The molecule has 0 saturated heterocycles. The molecular weight excluding hydrogens is 1100 g/mol. The van der Waals surface area contributed by atoms with E-state index in [0.29, 0.717) is 41.2 Å². The Bertz CT molecular complexity index is 539. The van der Waals surface area contributed by atoms with Crippen molar-refractivity contribution in [2.75, 3.05) is 0 Å². The van der Waals surface area contributed by atoms with E-state index in [1.807, 2.05) is 0 Å². The van der Waals surface area contributed by atoms with E-state index in [1.165, 1.54) is 0 Å². The standard InChI is InChI=1S/2C12H27P.C11H25P.3Pt/c2*1-10(2,3)13(11(4,5)6)12(7,8)9;1-9(2)12(10(3,4)5)11(6,7)8;;;/h2*1-9H3;9H,1-8H3;;;/p+3. The summed E-state index contributed by atoms with van der Waals surface area (Å²) in [7, 11) is -1.08. The van der Waals surface area contributed by atoms with Gasteiger partial charge in [-0.15, -0.1) is 0 Å². The van der Waals surface area contributed by atoms with Crippen LogP contribution in [0, 0.1) is 0 Å². The second kappa shape index (κ2) is 19.4. The minimum Gasteiger partial charge on any atom is -0.0287 e. The summed E-state index contributed by atoms with van der Waals surface area (Å²) in [5.74, 6) is 0. The number of hydrogen-bond donors (Lipinski definition) is 0. The molecule has 0 atom stereocenters. The SMILES string of the molecule is CC(C)(C)[PH+](C(C)(C)C)C(C)(C)C.CC(C)(C)[PH+](C(C)(C)C)C(C)(C)C.CC(C)[PH+](C(C)(C)C)C(C)(C)C.[Pt].[Pt].[Pt]. The zero-order chi connectivity index (χ0) is 32.3. The van der Waals surface area contributed by atoms with Gasteiger partial charge in [0.15, 0.2) is 0 Å². The largest absolute Gasteiger partial charge is 0.0703 e. The Hall–Kier alpha value is 3.35. The summed E-state index contributed by atoms with van der Waals surface area (Å²) in [5, 5.41) is 3.97. The van der Waals surface area contributed by atoms with Crippen LogP contribution >= 0.6 is 23.8 Å². The van der Waals surface area contributed by atoms with Crippen LogP contribution in [0.25, 0.3) is 0 Å². The molecule has 0 rings (SSSR count). The first kappa shape index (κ1) is 56.7. The van der Waals surface area contributed by atoms with Crippen molar-refractivity contribution in [3.05, 3.63) is 0 Å². The smallest absolute Gasteiger partial charge is 0.0287 e. The van der Waals surface area contributed by atoms with E-state index in [-0.39, 0.29) is 71.1 Å². The molecule has 0 nitrogen and oxygen atoms in total. The van der Waals surface area contributed by atoms with Crippen molar-refractivity contribution in [3.8, 4) is 0 Å². The molecule has 41 heavy (non-hydrogen) atoms. The average molecular weight is 1180 g/mol. The van der Waals surface area contributed by atoms with Crippen LogP contribution in [0.2, 0.25) is 0 Å². The Morgan fingerprint density at radius 2 is 0.390 bits per heavy atom. The van der Waals surface area contributed by atoms with Gasteiger partial charge in [0.25, 0.3) is 0 Å². The van der Waals surface area contributed by atoms with Gasteiger partial charge in [-0.1, -0.05) is 0 Å². The van der Waals surface area contributed by atoms with Gasteiger partial charge in [-0.05, 0) is 180 Å². The third kappa shape index (κ3) is 24.2. The fraction of sp³-hybridized carbons (Fsp3) is 1.00. The second-order valence-corrected chi connectivity index (χ2v) is 35.8. The zero-order valence-corrected chi connectivity index (χ0v) is 42.8. The fourth-order valence-corrected chi connectivity index (χ4v) is 28.8. The van der Waals surface area contributed by atoms with Crippen molar-refractivity contribution in [3.63, 3.8) is 0 Å². The molecule has 0 aromatic heterocycles. The van der Waals surface area contributed by atoms with Gasteiger partial charge in [-0.2, -0.15) is 0 Å². The van der Waals surface area contributed by atoms with Gasteiger partial charge in [-0.25, -0.2) is 0 Å². The summed E-state index contributed by atoms with van der Waals surface area (Å²) in [4.78, 5) is 0. The van der Waals surface area contributed by atoms with Crippen LogP contribution in [0.5, 0.6) is 0 Å². The Balaban J connectivity index is -0.000000108. The van der Waals surface area contributed by atoms with E-state index in [4.69, 9.17) is 0 Å². The van der Waals surface area contributed by atoms with Crippen LogP contribution < -0.4 is 0 Å². The van der Waals surface area contributed by atoms with Crippen molar-refractivity contribution >= 4 is 23.8 Å². The Morgan fingerprint density at radius 3 is 0.390 bits per heavy atom. The Morgan fingerprint density at radius 1 is 0.268 bits per heavy atom. The molecule has 0 saturated carbocycles. The summed E-state index contributed by atoms with van der Waals surface area (Å²) < 4.78 is 0. The molecule has 264 valence electrons. The van der Waals surface area contributed by atoms with E-state index in [1.54, 1.807) is 0 Å². The summed E-state index contributed by atoms with van der Waals surface area (Å²) in [6.07, 6.45) is 0. The van der Waals surface area contributed by atoms with E-state index >= 15 is 0 Å². The minimum atomic E-state index is -0.391. The van der Waals surface area contributed by atoms with Crippen LogP contribution in [0.1, 0.15) is 180 Å². The van der Waals surface area contributed by atoms with Gasteiger partial charge in [-0.3, -0.25) is 0 Å². The number of rotatable bonds is 1. The Labute approximate surface area is 311 Å². The van der Waals surface area contributed by atoms with Gasteiger partial charge in [0.2, 0.25) is 0 Å². The molecule has 6 heteroatoms. The second-order valence-electron chi connectivity index (χ2n) is 20.3. The molecule has 0 spiro atoms. The molecule has 0 aliphatic rings. The molecule has 0 fully saturated rings. The van der Waals surface area contributed by atoms with Crippen molar-refractivity contribution in [2.24, 2.45) is 0 Å². The minimum absolute atomic E-state index is 0. The predicted molar refractivity (Wildman–Crippen MR) is 198 cm³/mol. The maximum Gasteiger partial charge on any atom is 0.0703 e. The first-order chi connectivity index (χ1) is 15.8. The van der Waals surface area contributed by atoms with Gasteiger partial charge in [0.05, 0.1) is 46.9 Å². The van der Waals surface area contributed by atoms with Crippen molar-refractivity contribution in [2.45, 2.75) is 227 Å². The molecule has 0 aliphatic heterocycles. The Kier molecular flexibility index (Phi) is 26.8. The van der Waals surface area contributed by atoms with Gasteiger partial charge < -0.3 is 0 Å². The fourth-order valence-electron chi connectivity index (χ4n) is 9.61. The van der Waals surface area contributed by atoms with Gasteiger partial charge >= 0.3 is 0 Å². The molecule has 0 bridgehead atoms. The normalized spacial score (nSPS) is 13.9. The van der Waals surface area contributed by atoms with E-state index in [0.717, 1.165) is 5.66 Å². The molecule has 0 aromatic rings. The van der Waals surface area contributed by atoms with Crippen molar-refractivity contribution < 1.29 is 63.2 Å². The predicted octanol–water partition coefficient (Wildman–Crippen LogP) is 13.4.